The average molecular weight is 249 g/mol. The Morgan fingerprint density at radius 2 is 2.06 bits per heavy atom. The van der Waals surface area contributed by atoms with Gasteiger partial charge in [-0.25, -0.2) is 0 Å². The summed E-state index contributed by atoms with van der Waals surface area (Å²) in [7, 11) is 0. The Bertz CT molecular complexity index is 559. The van der Waals surface area contributed by atoms with Crippen molar-refractivity contribution in [2.24, 2.45) is 0 Å². The lowest BCUT2D eigenvalue weighted by atomic mass is 10.1. The van der Waals surface area contributed by atoms with Gasteiger partial charge >= 0.3 is 0 Å². The summed E-state index contributed by atoms with van der Waals surface area (Å²) < 4.78 is 4.74. The van der Waals surface area contributed by atoms with E-state index in [0.717, 1.165) is 0 Å². The zero-order valence-corrected chi connectivity index (χ0v) is 9.54. The Morgan fingerprint density at radius 3 is 2.61 bits per heavy atom. The van der Waals surface area contributed by atoms with Crippen molar-refractivity contribution >= 4 is 5.91 Å². The standard InChI is InChI=1S/C11H11N3O4/c1-6-13-9(14-18-6)5-12-11(17)10-7(15)3-2-4-8(10)16/h2-4,15-16H,5H2,1H3,(H,12,17). The van der Waals surface area contributed by atoms with Gasteiger partial charge in [-0.15, -0.1) is 0 Å². The second-order valence-corrected chi connectivity index (χ2v) is 3.58. The number of hydrogen-bond donors (Lipinski definition) is 3. The fourth-order valence-corrected chi connectivity index (χ4v) is 1.42. The maximum Gasteiger partial charge on any atom is 0.259 e. The normalized spacial score (nSPS) is 10.3. The fraction of sp³-hybridized carbons (Fsp3) is 0.182. The van der Waals surface area contributed by atoms with Crippen LogP contribution in [0.1, 0.15) is 22.1 Å². The van der Waals surface area contributed by atoms with E-state index in [-0.39, 0.29) is 23.6 Å². The summed E-state index contributed by atoms with van der Waals surface area (Å²) in [4.78, 5) is 15.7. The van der Waals surface area contributed by atoms with Gasteiger partial charge in [0.25, 0.3) is 5.91 Å². The van der Waals surface area contributed by atoms with E-state index >= 15 is 0 Å². The molecule has 0 bridgehead atoms. The quantitative estimate of drug-likeness (QED) is 0.739. The molecule has 3 N–H and O–H groups in total. The van der Waals surface area contributed by atoms with E-state index in [0.29, 0.717) is 11.7 Å². The number of benzene rings is 1. The van der Waals surface area contributed by atoms with Gasteiger partial charge in [0.2, 0.25) is 5.89 Å². The Hall–Kier alpha value is -2.57. The molecule has 1 aromatic carbocycles. The molecule has 0 saturated heterocycles. The summed E-state index contributed by atoms with van der Waals surface area (Å²) in [5.74, 6) is -0.498. The van der Waals surface area contributed by atoms with Crippen molar-refractivity contribution in [2.45, 2.75) is 13.5 Å². The summed E-state index contributed by atoms with van der Waals surface area (Å²) in [5, 5.41) is 25.1. The van der Waals surface area contributed by atoms with E-state index < -0.39 is 5.91 Å². The molecule has 0 fully saturated rings. The van der Waals surface area contributed by atoms with Crippen molar-refractivity contribution in [3.8, 4) is 11.5 Å². The Balaban J connectivity index is 2.08. The molecule has 18 heavy (non-hydrogen) atoms. The summed E-state index contributed by atoms with van der Waals surface area (Å²) >= 11 is 0. The number of aryl methyl sites for hydroxylation is 1. The molecule has 0 spiro atoms. The van der Waals surface area contributed by atoms with Crippen molar-refractivity contribution in [2.75, 3.05) is 0 Å². The summed E-state index contributed by atoms with van der Waals surface area (Å²) in [6.45, 7) is 1.68. The number of rotatable bonds is 3. The molecule has 1 heterocycles. The Labute approximate surface area is 102 Å². The molecular weight excluding hydrogens is 238 g/mol. The number of aromatic hydroxyl groups is 2. The van der Waals surface area contributed by atoms with Crippen LogP contribution in [0.2, 0.25) is 0 Å². The number of nitrogens with zero attached hydrogens (tertiary/aromatic N) is 2. The molecule has 0 saturated carbocycles. The molecule has 0 atom stereocenters. The number of carbonyl (C=O) groups excluding carboxylic acids is 1. The molecule has 2 aromatic rings. The molecule has 7 nitrogen and oxygen atoms in total. The van der Waals surface area contributed by atoms with Crippen LogP contribution >= 0.6 is 0 Å². The second-order valence-electron chi connectivity index (χ2n) is 3.58. The number of amides is 1. The third-order valence-corrected chi connectivity index (χ3v) is 2.22. The van der Waals surface area contributed by atoms with Gasteiger partial charge in [0.1, 0.15) is 17.1 Å². The molecule has 0 unspecified atom stereocenters. The van der Waals surface area contributed by atoms with Crippen LogP contribution in [0.25, 0.3) is 0 Å². The number of phenolic OH excluding ortho intramolecular Hbond substituents is 2. The third kappa shape index (κ3) is 2.40. The van der Waals surface area contributed by atoms with Gasteiger partial charge in [-0.3, -0.25) is 4.79 Å². The van der Waals surface area contributed by atoms with Gasteiger partial charge < -0.3 is 20.1 Å². The predicted molar refractivity (Wildman–Crippen MR) is 60.0 cm³/mol. The van der Waals surface area contributed by atoms with E-state index in [1.54, 1.807) is 6.92 Å². The minimum absolute atomic E-state index is 0.0456. The van der Waals surface area contributed by atoms with Crippen LogP contribution in [0.5, 0.6) is 11.5 Å². The van der Waals surface area contributed by atoms with Crippen LogP contribution in [0, 0.1) is 6.92 Å². The van der Waals surface area contributed by atoms with Crippen LogP contribution in [-0.4, -0.2) is 26.3 Å². The lowest BCUT2D eigenvalue weighted by molar-refractivity contribution is 0.0944. The smallest absolute Gasteiger partial charge is 0.259 e. The minimum atomic E-state index is -0.618. The van der Waals surface area contributed by atoms with Crippen molar-refractivity contribution in [1.82, 2.24) is 15.5 Å². The Kier molecular flexibility index (Phi) is 3.13. The van der Waals surface area contributed by atoms with Crippen molar-refractivity contribution in [3.63, 3.8) is 0 Å². The van der Waals surface area contributed by atoms with Crippen LogP contribution in [0.15, 0.2) is 22.7 Å². The number of carbonyl (C=O) groups is 1. The van der Waals surface area contributed by atoms with Crippen molar-refractivity contribution in [3.05, 3.63) is 35.5 Å². The Morgan fingerprint density at radius 1 is 1.39 bits per heavy atom. The molecular formula is C11H11N3O4. The van der Waals surface area contributed by atoms with Gasteiger partial charge in [-0.2, -0.15) is 4.98 Å². The van der Waals surface area contributed by atoms with Crippen molar-refractivity contribution < 1.29 is 19.5 Å². The lowest BCUT2D eigenvalue weighted by Gasteiger charge is -2.06. The molecule has 0 aliphatic rings. The van der Waals surface area contributed by atoms with Gasteiger partial charge in [-0.05, 0) is 12.1 Å². The SMILES string of the molecule is Cc1nc(CNC(=O)c2c(O)cccc2O)no1. The first kappa shape index (κ1) is 11.9. The highest BCUT2D eigenvalue weighted by molar-refractivity contribution is 5.99. The molecule has 0 aliphatic heterocycles. The van der Waals surface area contributed by atoms with E-state index in [1.165, 1.54) is 18.2 Å². The first-order valence-corrected chi connectivity index (χ1v) is 5.16. The molecule has 0 aliphatic carbocycles. The fourth-order valence-electron chi connectivity index (χ4n) is 1.42. The summed E-state index contributed by atoms with van der Waals surface area (Å²) in [6.07, 6.45) is 0. The molecule has 94 valence electrons. The van der Waals surface area contributed by atoms with E-state index in [1.807, 2.05) is 0 Å². The van der Waals surface area contributed by atoms with Crippen LogP contribution in [0.4, 0.5) is 0 Å². The molecule has 1 aromatic heterocycles. The molecule has 1 amide bonds. The summed E-state index contributed by atoms with van der Waals surface area (Å²) in [6, 6.07) is 4.06. The summed E-state index contributed by atoms with van der Waals surface area (Å²) in [5.41, 5.74) is -0.183. The van der Waals surface area contributed by atoms with Gasteiger partial charge in [0, 0.05) is 6.92 Å². The highest BCUT2D eigenvalue weighted by Gasteiger charge is 2.16. The monoisotopic (exact) mass is 249 g/mol. The van der Waals surface area contributed by atoms with E-state index in [4.69, 9.17) is 4.52 Å². The van der Waals surface area contributed by atoms with Crippen molar-refractivity contribution in [1.29, 1.82) is 0 Å². The largest absolute Gasteiger partial charge is 0.507 e. The molecule has 2 rings (SSSR count). The zero-order valence-electron chi connectivity index (χ0n) is 9.54. The van der Waals surface area contributed by atoms with Crippen LogP contribution in [-0.2, 0) is 6.54 Å². The highest BCUT2D eigenvalue weighted by Crippen LogP contribution is 2.25. The second kappa shape index (κ2) is 4.74. The maximum absolute atomic E-state index is 11.7. The number of aromatic nitrogens is 2. The first-order valence-electron chi connectivity index (χ1n) is 5.16. The highest BCUT2D eigenvalue weighted by atomic mass is 16.5. The van der Waals surface area contributed by atoms with Gasteiger partial charge in [-0.1, -0.05) is 11.2 Å². The predicted octanol–water partition coefficient (Wildman–Crippen LogP) is 0.719. The maximum atomic E-state index is 11.7. The number of hydrogen-bond acceptors (Lipinski definition) is 6. The van der Waals surface area contributed by atoms with Crippen LogP contribution < -0.4 is 5.32 Å². The van der Waals surface area contributed by atoms with E-state index in [2.05, 4.69) is 15.5 Å². The van der Waals surface area contributed by atoms with Gasteiger partial charge in [0.15, 0.2) is 5.82 Å². The average Bonchev–Trinajstić information content (AvgIpc) is 2.72. The number of phenols is 2. The van der Waals surface area contributed by atoms with E-state index in [9.17, 15) is 15.0 Å². The third-order valence-electron chi connectivity index (χ3n) is 2.22. The zero-order chi connectivity index (χ0) is 13.1. The minimum Gasteiger partial charge on any atom is -0.507 e. The lowest BCUT2D eigenvalue weighted by Crippen LogP contribution is -2.23. The molecule has 0 radical (unpaired) electrons. The van der Waals surface area contributed by atoms with Gasteiger partial charge in [0.05, 0.1) is 6.54 Å². The first-order chi connectivity index (χ1) is 8.58. The van der Waals surface area contributed by atoms with Crippen LogP contribution in [0.3, 0.4) is 0 Å². The molecule has 7 heteroatoms. The topological polar surface area (TPSA) is 108 Å². The number of nitrogens with one attached hydrogen (secondary N) is 1.